The molecule has 0 aliphatic carbocycles. The quantitative estimate of drug-likeness (QED) is 0.556. The van der Waals surface area contributed by atoms with Crippen LogP contribution in [0.4, 0.5) is 0 Å². The second-order valence-electron chi connectivity index (χ2n) is 5.82. The highest BCUT2D eigenvalue weighted by Crippen LogP contribution is 2.25. The third-order valence-corrected chi connectivity index (χ3v) is 3.77. The number of nitrogens with zero attached hydrogens (tertiary/aromatic N) is 3. The minimum atomic E-state index is -0.129. The van der Waals surface area contributed by atoms with Gasteiger partial charge < -0.3 is 9.30 Å². The molecule has 2 heterocycles. The summed E-state index contributed by atoms with van der Waals surface area (Å²) in [7, 11) is 1.63. The van der Waals surface area contributed by atoms with Crippen molar-refractivity contribution in [3.8, 4) is 5.88 Å². The van der Waals surface area contributed by atoms with Gasteiger partial charge in [-0.05, 0) is 25.3 Å². The average molecular weight is 310 g/mol. The summed E-state index contributed by atoms with van der Waals surface area (Å²) in [4.78, 5) is 9.14. The number of rotatable bonds is 7. The van der Waals surface area contributed by atoms with E-state index in [0.29, 0.717) is 5.88 Å². The number of imidazole rings is 1. The highest BCUT2D eigenvalue weighted by molar-refractivity contribution is 6.20. The van der Waals surface area contributed by atoms with E-state index in [2.05, 4.69) is 28.4 Å². The van der Waals surface area contributed by atoms with Crippen LogP contribution >= 0.6 is 11.6 Å². The molecular weight excluding hydrogens is 286 g/mol. The molecule has 0 bridgehead atoms. The van der Waals surface area contributed by atoms with Gasteiger partial charge in [0, 0.05) is 12.6 Å². The maximum absolute atomic E-state index is 6.27. The van der Waals surface area contributed by atoms with Crippen molar-refractivity contribution < 1.29 is 4.74 Å². The van der Waals surface area contributed by atoms with Crippen LogP contribution in [-0.4, -0.2) is 21.6 Å². The number of aryl methyl sites for hydroxylation is 1. The van der Waals surface area contributed by atoms with E-state index in [4.69, 9.17) is 16.3 Å². The zero-order valence-corrected chi connectivity index (χ0v) is 14.0. The van der Waals surface area contributed by atoms with Crippen LogP contribution in [0, 0.1) is 5.92 Å². The third kappa shape index (κ3) is 3.88. The van der Waals surface area contributed by atoms with Gasteiger partial charge in [-0.1, -0.05) is 26.7 Å². The van der Waals surface area contributed by atoms with Gasteiger partial charge in [-0.25, -0.2) is 4.98 Å². The molecule has 0 radical (unpaired) electrons. The smallest absolute Gasteiger partial charge is 0.215 e. The Hall–Kier alpha value is -1.29. The van der Waals surface area contributed by atoms with E-state index >= 15 is 0 Å². The summed E-state index contributed by atoms with van der Waals surface area (Å²) < 4.78 is 7.35. The van der Waals surface area contributed by atoms with Gasteiger partial charge in [-0.3, -0.25) is 0 Å². The summed E-state index contributed by atoms with van der Waals surface area (Å²) >= 11 is 6.27. The van der Waals surface area contributed by atoms with Crippen molar-refractivity contribution in [2.45, 2.75) is 52.0 Å². The van der Waals surface area contributed by atoms with Gasteiger partial charge in [0.15, 0.2) is 5.65 Å². The second kappa shape index (κ2) is 7.12. The summed E-state index contributed by atoms with van der Waals surface area (Å²) in [6.07, 6.45) is 3.56. The maximum Gasteiger partial charge on any atom is 0.215 e. The molecule has 0 aliphatic rings. The van der Waals surface area contributed by atoms with Gasteiger partial charge in [0.05, 0.1) is 12.5 Å². The fourth-order valence-corrected chi connectivity index (χ4v) is 2.63. The summed E-state index contributed by atoms with van der Waals surface area (Å²) in [5.41, 5.74) is 1.74. The number of fused-ring (bicyclic) bond motifs is 1. The number of ether oxygens (including phenoxy) is 1. The van der Waals surface area contributed by atoms with Gasteiger partial charge in [0.1, 0.15) is 11.3 Å². The Morgan fingerprint density at radius 1 is 1.19 bits per heavy atom. The van der Waals surface area contributed by atoms with E-state index in [1.807, 2.05) is 19.1 Å². The number of methoxy groups -OCH3 is 1. The normalized spacial score (nSPS) is 13.0. The van der Waals surface area contributed by atoms with E-state index < -0.39 is 0 Å². The molecule has 4 nitrogen and oxygen atoms in total. The van der Waals surface area contributed by atoms with Crippen molar-refractivity contribution in [2.75, 3.05) is 7.11 Å². The highest BCUT2D eigenvalue weighted by Gasteiger charge is 2.16. The van der Waals surface area contributed by atoms with Crippen LogP contribution in [0.25, 0.3) is 11.2 Å². The number of halogens is 1. The zero-order valence-electron chi connectivity index (χ0n) is 13.3. The lowest BCUT2D eigenvalue weighted by molar-refractivity contribution is 0.398. The summed E-state index contributed by atoms with van der Waals surface area (Å²) in [6, 6.07) is 3.77. The first kappa shape index (κ1) is 16.1. The van der Waals surface area contributed by atoms with Crippen LogP contribution in [0.5, 0.6) is 5.88 Å². The molecule has 0 fully saturated rings. The van der Waals surface area contributed by atoms with Crippen molar-refractivity contribution >= 4 is 22.8 Å². The molecule has 5 heteroatoms. The van der Waals surface area contributed by atoms with Gasteiger partial charge >= 0.3 is 0 Å². The molecule has 2 aromatic rings. The van der Waals surface area contributed by atoms with Crippen LogP contribution in [-0.2, 0) is 6.54 Å². The molecular formula is C16H24ClN3O. The highest BCUT2D eigenvalue weighted by atomic mass is 35.5. The number of hydrogen-bond acceptors (Lipinski definition) is 3. The van der Waals surface area contributed by atoms with Crippen LogP contribution < -0.4 is 4.74 Å². The predicted octanol–water partition coefficient (Wildman–Crippen LogP) is 4.57. The van der Waals surface area contributed by atoms with Gasteiger partial charge in [0.2, 0.25) is 5.88 Å². The maximum atomic E-state index is 6.27. The summed E-state index contributed by atoms with van der Waals surface area (Å²) in [6.45, 7) is 7.36. The van der Waals surface area contributed by atoms with Crippen LogP contribution in [0.3, 0.4) is 0 Å². The molecule has 0 saturated heterocycles. The first-order chi connectivity index (χ1) is 10.0. The van der Waals surface area contributed by atoms with Crippen molar-refractivity contribution in [3.05, 3.63) is 18.0 Å². The van der Waals surface area contributed by atoms with E-state index in [-0.39, 0.29) is 5.38 Å². The topological polar surface area (TPSA) is 39.9 Å². The Morgan fingerprint density at radius 2 is 1.95 bits per heavy atom. The Bertz CT molecular complexity index is 592. The lowest BCUT2D eigenvalue weighted by atomic mass is 10.1. The Morgan fingerprint density at radius 3 is 2.57 bits per heavy atom. The lowest BCUT2D eigenvalue weighted by Gasteiger charge is -2.11. The van der Waals surface area contributed by atoms with Crippen molar-refractivity contribution in [2.24, 2.45) is 5.92 Å². The fraction of sp³-hybridized carbons (Fsp3) is 0.625. The average Bonchev–Trinajstić information content (AvgIpc) is 2.81. The van der Waals surface area contributed by atoms with E-state index in [0.717, 1.165) is 35.9 Å². The largest absolute Gasteiger partial charge is 0.481 e. The Labute approximate surface area is 131 Å². The number of alkyl halides is 1. The number of aromatic nitrogens is 3. The Balaban J connectivity index is 2.26. The molecule has 2 rings (SSSR count). The molecule has 0 N–H and O–H groups in total. The first-order valence-electron chi connectivity index (χ1n) is 7.58. The molecule has 0 spiro atoms. The van der Waals surface area contributed by atoms with Gasteiger partial charge in [0.25, 0.3) is 0 Å². The third-order valence-electron chi connectivity index (χ3n) is 3.57. The predicted molar refractivity (Wildman–Crippen MR) is 87.0 cm³/mol. The Kier molecular flexibility index (Phi) is 5.45. The molecule has 0 aromatic carbocycles. The van der Waals surface area contributed by atoms with Crippen molar-refractivity contribution in [1.82, 2.24) is 14.5 Å². The van der Waals surface area contributed by atoms with Gasteiger partial charge in [-0.2, -0.15) is 4.98 Å². The van der Waals surface area contributed by atoms with Gasteiger partial charge in [-0.15, -0.1) is 11.6 Å². The van der Waals surface area contributed by atoms with E-state index in [9.17, 15) is 0 Å². The van der Waals surface area contributed by atoms with Crippen molar-refractivity contribution in [3.63, 3.8) is 0 Å². The SMILES string of the molecule is COc1ccc2nc(C(C)Cl)n(CCCCC(C)C)c2n1. The lowest BCUT2D eigenvalue weighted by Crippen LogP contribution is -2.06. The molecule has 0 amide bonds. The van der Waals surface area contributed by atoms with Crippen molar-refractivity contribution in [1.29, 1.82) is 0 Å². The van der Waals surface area contributed by atoms with E-state index in [1.165, 1.54) is 12.8 Å². The summed E-state index contributed by atoms with van der Waals surface area (Å²) in [5.74, 6) is 2.24. The van der Waals surface area contributed by atoms with Crippen LogP contribution in [0.15, 0.2) is 12.1 Å². The van der Waals surface area contributed by atoms with Crippen LogP contribution in [0.2, 0.25) is 0 Å². The van der Waals surface area contributed by atoms with E-state index in [1.54, 1.807) is 7.11 Å². The molecule has 0 saturated carbocycles. The monoisotopic (exact) mass is 309 g/mol. The molecule has 1 unspecified atom stereocenters. The molecule has 1 atom stereocenters. The number of hydrogen-bond donors (Lipinski definition) is 0. The minimum Gasteiger partial charge on any atom is -0.481 e. The summed E-state index contributed by atoms with van der Waals surface area (Å²) in [5, 5.41) is -0.129. The second-order valence-corrected chi connectivity index (χ2v) is 6.48. The molecule has 2 aromatic heterocycles. The first-order valence-corrected chi connectivity index (χ1v) is 8.01. The number of unbranched alkanes of at least 4 members (excludes halogenated alkanes) is 1. The van der Waals surface area contributed by atoms with Crippen LogP contribution in [0.1, 0.15) is 51.2 Å². The fourth-order valence-electron chi connectivity index (χ4n) is 2.46. The molecule has 0 aliphatic heterocycles. The number of pyridine rings is 1. The molecule has 116 valence electrons. The standard InChI is InChI=1S/C16H24ClN3O/c1-11(2)7-5-6-10-20-15(12(3)17)18-13-8-9-14(21-4)19-16(13)20/h8-9,11-12H,5-7,10H2,1-4H3. The zero-order chi connectivity index (χ0) is 15.4. The molecule has 21 heavy (non-hydrogen) atoms. The minimum absolute atomic E-state index is 0.129.